The minimum absolute atomic E-state index is 0.527. The molecular weight excluding hydrogens is 342 g/mol. The van der Waals surface area contributed by atoms with E-state index in [2.05, 4.69) is 51.5 Å². The van der Waals surface area contributed by atoms with Gasteiger partial charge in [-0.15, -0.1) is 0 Å². The molecule has 0 aliphatic heterocycles. The average molecular weight is 359 g/mol. The molecule has 0 atom stereocenters. The van der Waals surface area contributed by atoms with Crippen LogP contribution in [0, 0.1) is 6.92 Å². The number of aryl methyl sites for hydroxylation is 1. The molecule has 4 aromatic rings. The summed E-state index contributed by atoms with van der Waals surface area (Å²) in [6, 6.07) is 18.1. The van der Waals surface area contributed by atoms with Crippen LogP contribution >= 0.6 is 11.8 Å². The molecule has 0 amide bonds. The zero-order valence-electron chi connectivity index (χ0n) is 14.2. The second-order valence-electron chi connectivity index (χ2n) is 5.86. The van der Waals surface area contributed by atoms with Crippen molar-refractivity contribution in [1.29, 1.82) is 0 Å². The van der Waals surface area contributed by atoms with E-state index in [4.69, 9.17) is 5.73 Å². The lowest BCUT2D eigenvalue weighted by Gasteiger charge is -2.12. The summed E-state index contributed by atoms with van der Waals surface area (Å²) < 4.78 is 0. The molecule has 0 spiro atoms. The molecule has 2 aromatic heterocycles. The summed E-state index contributed by atoms with van der Waals surface area (Å²) in [5.41, 5.74) is 9.90. The fourth-order valence-corrected chi connectivity index (χ4v) is 3.42. The largest absolute Gasteiger partial charge is 0.394 e. The van der Waals surface area contributed by atoms with Crippen molar-refractivity contribution < 1.29 is 0 Å². The third kappa shape index (κ3) is 3.32. The molecule has 0 radical (unpaired) electrons. The first-order valence-electron chi connectivity index (χ1n) is 8.16. The van der Waals surface area contributed by atoms with Gasteiger partial charge in [-0.2, -0.15) is 0 Å². The van der Waals surface area contributed by atoms with E-state index in [0.29, 0.717) is 11.5 Å². The number of pyridine rings is 1. The molecule has 2 heterocycles. The van der Waals surface area contributed by atoms with Crippen LogP contribution < -0.4 is 11.1 Å². The van der Waals surface area contributed by atoms with Gasteiger partial charge in [-0.1, -0.05) is 35.5 Å². The zero-order chi connectivity index (χ0) is 17.9. The van der Waals surface area contributed by atoms with Crippen molar-refractivity contribution in [3.63, 3.8) is 0 Å². The first-order chi connectivity index (χ1) is 12.7. The molecule has 4 rings (SSSR count). The topological polar surface area (TPSA) is 76.7 Å². The molecule has 0 saturated heterocycles. The van der Waals surface area contributed by atoms with Gasteiger partial charge < -0.3 is 11.1 Å². The number of nitrogen functional groups attached to an aromatic ring is 1. The zero-order valence-corrected chi connectivity index (χ0v) is 15.0. The van der Waals surface area contributed by atoms with Crippen LogP contribution in [0.25, 0.3) is 10.9 Å². The molecule has 0 saturated carbocycles. The highest BCUT2D eigenvalue weighted by Gasteiger charge is 2.11. The molecule has 128 valence electrons. The fourth-order valence-electron chi connectivity index (χ4n) is 2.62. The van der Waals surface area contributed by atoms with Crippen LogP contribution in [0.2, 0.25) is 0 Å². The van der Waals surface area contributed by atoms with Crippen molar-refractivity contribution in [3.8, 4) is 0 Å². The van der Waals surface area contributed by atoms with Gasteiger partial charge in [-0.25, -0.2) is 9.97 Å². The first kappa shape index (κ1) is 16.4. The Hall–Kier alpha value is -3.12. The van der Waals surface area contributed by atoms with E-state index in [-0.39, 0.29) is 0 Å². The molecule has 6 heteroatoms. The van der Waals surface area contributed by atoms with E-state index < -0.39 is 0 Å². The lowest BCUT2D eigenvalue weighted by atomic mass is 10.2. The van der Waals surface area contributed by atoms with Crippen molar-refractivity contribution in [2.75, 3.05) is 11.1 Å². The van der Waals surface area contributed by atoms with Gasteiger partial charge in [0.2, 0.25) is 0 Å². The van der Waals surface area contributed by atoms with E-state index in [1.165, 1.54) is 23.7 Å². The van der Waals surface area contributed by atoms with Gasteiger partial charge in [0.15, 0.2) is 5.82 Å². The molecular formula is C20H17N5S. The normalized spacial score (nSPS) is 10.8. The third-order valence-corrected chi connectivity index (χ3v) is 5.01. The number of nitrogens with two attached hydrogens (primary N) is 1. The maximum atomic E-state index is 6.33. The van der Waals surface area contributed by atoms with Gasteiger partial charge in [0.05, 0.1) is 5.52 Å². The first-order valence-corrected chi connectivity index (χ1v) is 8.98. The third-order valence-electron chi connectivity index (χ3n) is 3.98. The Morgan fingerprint density at radius 1 is 0.923 bits per heavy atom. The van der Waals surface area contributed by atoms with E-state index in [1.807, 2.05) is 30.3 Å². The van der Waals surface area contributed by atoms with E-state index in [1.54, 1.807) is 6.20 Å². The molecule has 5 nitrogen and oxygen atoms in total. The number of nitrogens with zero attached hydrogens (tertiary/aromatic N) is 3. The SMILES string of the molecule is Cc1ccc(Sc2ncnc(Nc3cccc4ncccc34)c2N)cc1. The minimum atomic E-state index is 0.527. The van der Waals surface area contributed by atoms with Crippen molar-refractivity contribution >= 4 is 39.9 Å². The quantitative estimate of drug-likeness (QED) is 0.509. The summed E-state index contributed by atoms with van der Waals surface area (Å²) in [6.45, 7) is 2.06. The van der Waals surface area contributed by atoms with Crippen LogP contribution in [0.1, 0.15) is 5.56 Å². The Morgan fingerprint density at radius 2 is 1.77 bits per heavy atom. The van der Waals surface area contributed by atoms with Gasteiger partial charge in [-0.3, -0.25) is 4.98 Å². The lowest BCUT2D eigenvalue weighted by Crippen LogP contribution is -2.02. The number of aromatic nitrogens is 3. The van der Waals surface area contributed by atoms with E-state index in [0.717, 1.165) is 26.5 Å². The highest BCUT2D eigenvalue weighted by Crippen LogP contribution is 2.35. The molecule has 0 unspecified atom stereocenters. The predicted octanol–water partition coefficient (Wildman–Crippen LogP) is 4.81. The van der Waals surface area contributed by atoms with Gasteiger partial charge >= 0.3 is 0 Å². The Kier molecular flexibility index (Phi) is 4.41. The summed E-state index contributed by atoms with van der Waals surface area (Å²) in [7, 11) is 0. The fraction of sp³-hybridized carbons (Fsp3) is 0.0500. The second-order valence-corrected chi connectivity index (χ2v) is 6.92. The van der Waals surface area contributed by atoms with Crippen molar-refractivity contribution in [2.24, 2.45) is 0 Å². The van der Waals surface area contributed by atoms with Crippen LogP contribution in [0.3, 0.4) is 0 Å². The van der Waals surface area contributed by atoms with Crippen molar-refractivity contribution in [1.82, 2.24) is 15.0 Å². The maximum Gasteiger partial charge on any atom is 0.158 e. The monoisotopic (exact) mass is 359 g/mol. The van der Waals surface area contributed by atoms with Crippen LogP contribution in [0.4, 0.5) is 17.2 Å². The number of rotatable bonds is 4. The van der Waals surface area contributed by atoms with E-state index in [9.17, 15) is 0 Å². The molecule has 0 bridgehead atoms. The van der Waals surface area contributed by atoms with E-state index >= 15 is 0 Å². The number of anilines is 3. The van der Waals surface area contributed by atoms with Gasteiger partial charge in [-0.05, 0) is 43.3 Å². The highest BCUT2D eigenvalue weighted by molar-refractivity contribution is 7.99. The second kappa shape index (κ2) is 7.01. The molecule has 0 aliphatic rings. The number of benzene rings is 2. The lowest BCUT2D eigenvalue weighted by molar-refractivity contribution is 1.06. The van der Waals surface area contributed by atoms with Gasteiger partial charge in [0.1, 0.15) is 17.0 Å². The standard InChI is InChI=1S/C20H17N5S/c1-13-7-9-14(10-8-13)26-20-18(21)19(23-12-24-20)25-17-6-2-5-16-15(17)4-3-11-22-16/h2-12H,21H2,1H3,(H,23,24,25). The summed E-state index contributed by atoms with van der Waals surface area (Å²) in [5.74, 6) is 0.589. The molecule has 0 fully saturated rings. The maximum absolute atomic E-state index is 6.33. The highest BCUT2D eigenvalue weighted by atomic mass is 32.2. The summed E-state index contributed by atoms with van der Waals surface area (Å²) in [5, 5.41) is 5.06. The van der Waals surface area contributed by atoms with Crippen molar-refractivity contribution in [2.45, 2.75) is 16.8 Å². The van der Waals surface area contributed by atoms with Gasteiger partial charge in [0, 0.05) is 22.2 Å². The number of hydrogen-bond acceptors (Lipinski definition) is 6. The Labute approximate surface area is 155 Å². The molecule has 3 N–H and O–H groups in total. The molecule has 2 aromatic carbocycles. The van der Waals surface area contributed by atoms with Crippen LogP contribution in [-0.2, 0) is 0 Å². The Balaban J connectivity index is 1.66. The van der Waals surface area contributed by atoms with Crippen LogP contribution in [0.15, 0.2) is 77.0 Å². The Bertz CT molecular complexity index is 1060. The molecule has 0 aliphatic carbocycles. The number of nitrogens with one attached hydrogen (secondary N) is 1. The average Bonchev–Trinajstić information content (AvgIpc) is 2.67. The number of fused-ring (bicyclic) bond motifs is 1. The molecule has 26 heavy (non-hydrogen) atoms. The summed E-state index contributed by atoms with van der Waals surface area (Å²) >= 11 is 1.52. The predicted molar refractivity (Wildman–Crippen MR) is 107 cm³/mol. The number of hydrogen-bond donors (Lipinski definition) is 2. The van der Waals surface area contributed by atoms with Crippen LogP contribution in [0.5, 0.6) is 0 Å². The summed E-state index contributed by atoms with van der Waals surface area (Å²) in [6.07, 6.45) is 3.31. The van der Waals surface area contributed by atoms with Crippen molar-refractivity contribution in [3.05, 3.63) is 72.7 Å². The smallest absolute Gasteiger partial charge is 0.158 e. The van der Waals surface area contributed by atoms with Crippen LogP contribution in [-0.4, -0.2) is 15.0 Å². The van der Waals surface area contributed by atoms with Gasteiger partial charge in [0.25, 0.3) is 0 Å². The Morgan fingerprint density at radius 3 is 2.62 bits per heavy atom. The minimum Gasteiger partial charge on any atom is -0.394 e. The summed E-state index contributed by atoms with van der Waals surface area (Å²) in [4.78, 5) is 14.1.